The Balaban J connectivity index is 1.61. The number of ether oxygens (including phenoxy) is 1. The van der Waals surface area contributed by atoms with E-state index in [0.717, 1.165) is 39.3 Å². The molecule has 0 fully saturated rings. The van der Waals surface area contributed by atoms with Gasteiger partial charge in [0.15, 0.2) is 6.10 Å². The van der Waals surface area contributed by atoms with Crippen LogP contribution >= 0.6 is 23.2 Å². The van der Waals surface area contributed by atoms with Crippen LogP contribution in [0.4, 0.5) is 0 Å². The Morgan fingerprint density at radius 3 is 2.16 bits per heavy atom. The third kappa shape index (κ3) is 5.44. The number of halogens is 2. The Bertz CT molecular complexity index is 1520. The van der Waals surface area contributed by atoms with Crippen LogP contribution in [0.1, 0.15) is 13.3 Å². The van der Waals surface area contributed by atoms with E-state index in [2.05, 4.69) is 6.07 Å². The summed E-state index contributed by atoms with van der Waals surface area (Å²) in [6.07, 6.45) is -0.538. The summed E-state index contributed by atoms with van der Waals surface area (Å²) < 4.78 is 7.64. The molecule has 4 aromatic carbocycles. The summed E-state index contributed by atoms with van der Waals surface area (Å²) >= 11 is 12.3. The molecule has 5 aromatic rings. The van der Waals surface area contributed by atoms with Gasteiger partial charge in [0, 0.05) is 21.2 Å². The van der Waals surface area contributed by atoms with Crippen molar-refractivity contribution in [2.45, 2.75) is 19.4 Å². The van der Waals surface area contributed by atoms with E-state index in [9.17, 15) is 9.90 Å². The summed E-state index contributed by atoms with van der Waals surface area (Å²) in [4.78, 5) is 11.5. The van der Waals surface area contributed by atoms with Crippen LogP contribution in [0.25, 0.3) is 39.3 Å². The summed E-state index contributed by atoms with van der Waals surface area (Å²) in [6, 6.07) is 32.7. The van der Waals surface area contributed by atoms with Crippen molar-refractivity contribution in [2.24, 2.45) is 0 Å². The van der Waals surface area contributed by atoms with Gasteiger partial charge in [-0.3, -0.25) is 0 Å². The molecular formula is C31H24Cl2N2O3. The number of carboxylic acids is 1. The van der Waals surface area contributed by atoms with Crippen LogP contribution in [0.3, 0.4) is 0 Å². The van der Waals surface area contributed by atoms with Gasteiger partial charge in [-0.05, 0) is 72.1 Å². The molecule has 0 saturated carbocycles. The lowest BCUT2D eigenvalue weighted by atomic mass is 9.97. The summed E-state index contributed by atoms with van der Waals surface area (Å²) in [5.41, 5.74) is 6.30. The maximum absolute atomic E-state index is 11.5. The molecule has 0 aliphatic carbocycles. The number of aliphatic carboxylic acids is 1. The van der Waals surface area contributed by atoms with E-state index in [4.69, 9.17) is 33.0 Å². The Morgan fingerprint density at radius 1 is 0.842 bits per heavy atom. The van der Waals surface area contributed by atoms with E-state index in [-0.39, 0.29) is 0 Å². The third-order valence-corrected chi connectivity index (χ3v) is 6.70. The van der Waals surface area contributed by atoms with Gasteiger partial charge in [-0.2, -0.15) is 5.10 Å². The van der Waals surface area contributed by atoms with Crippen LogP contribution in [0.5, 0.6) is 5.75 Å². The van der Waals surface area contributed by atoms with E-state index in [0.29, 0.717) is 22.2 Å². The second-order valence-electron chi connectivity index (χ2n) is 8.74. The van der Waals surface area contributed by atoms with Crippen molar-refractivity contribution in [2.75, 3.05) is 0 Å². The fraction of sp³-hybridized carbons (Fsp3) is 0.0968. The normalized spacial score (nSPS) is 11.8. The minimum absolute atomic E-state index is 0.367. The topological polar surface area (TPSA) is 64.4 Å². The second-order valence-corrected chi connectivity index (χ2v) is 9.61. The molecule has 1 heterocycles. The quantitative estimate of drug-likeness (QED) is 0.213. The van der Waals surface area contributed by atoms with Crippen LogP contribution < -0.4 is 4.74 Å². The van der Waals surface area contributed by atoms with Crippen molar-refractivity contribution in [3.63, 3.8) is 0 Å². The maximum Gasteiger partial charge on any atom is 0.344 e. The van der Waals surface area contributed by atoms with E-state index < -0.39 is 12.1 Å². The molecule has 0 radical (unpaired) electrons. The van der Waals surface area contributed by atoms with Gasteiger partial charge in [0.25, 0.3) is 0 Å². The number of nitrogens with zero attached hydrogens (tertiary/aromatic N) is 2. The smallest absolute Gasteiger partial charge is 0.344 e. The van der Waals surface area contributed by atoms with Crippen molar-refractivity contribution >= 4 is 29.2 Å². The van der Waals surface area contributed by atoms with Gasteiger partial charge in [0.2, 0.25) is 0 Å². The minimum Gasteiger partial charge on any atom is -0.479 e. The third-order valence-electron chi connectivity index (χ3n) is 6.19. The molecule has 190 valence electrons. The number of aromatic nitrogens is 2. The van der Waals surface area contributed by atoms with Gasteiger partial charge < -0.3 is 9.84 Å². The Morgan fingerprint density at radius 2 is 1.50 bits per heavy atom. The number of benzene rings is 4. The first-order valence-electron chi connectivity index (χ1n) is 12.1. The molecule has 1 unspecified atom stereocenters. The van der Waals surface area contributed by atoms with Gasteiger partial charge in [0.1, 0.15) is 5.75 Å². The standard InChI is InChI=1S/C31H24Cl2N2O3/c1-2-30(31(36)37)38-25-7-5-6-21(18-25)26-8-3-4-9-27(26)28-19-29(20-10-12-22(32)13-11-20)35(34-28)24-16-14-23(33)15-17-24/h3-19,30H,2H2,1H3,(H,36,37). The summed E-state index contributed by atoms with van der Waals surface area (Å²) in [7, 11) is 0. The largest absolute Gasteiger partial charge is 0.479 e. The number of rotatable bonds is 8. The predicted octanol–water partition coefficient (Wildman–Crippen LogP) is 8.42. The van der Waals surface area contributed by atoms with Crippen LogP contribution in [0, 0.1) is 0 Å². The fourth-order valence-corrected chi connectivity index (χ4v) is 4.54. The van der Waals surface area contributed by atoms with Crippen LogP contribution in [-0.2, 0) is 4.79 Å². The average molecular weight is 543 g/mol. The summed E-state index contributed by atoms with van der Waals surface area (Å²) in [5.74, 6) is -0.485. The molecule has 5 rings (SSSR count). The zero-order valence-electron chi connectivity index (χ0n) is 20.5. The lowest BCUT2D eigenvalue weighted by molar-refractivity contribution is -0.145. The molecule has 0 amide bonds. The highest BCUT2D eigenvalue weighted by Crippen LogP contribution is 2.36. The predicted molar refractivity (Wildman–Crippen MR) is 152 cm³/mol. The molecule has 38 heavy (non-hydrogen) atoms. The Hall–Kier alpha value is -4.06. The fourth-order valence-electron chi connectivity index (χ4n) is 4.29. The van der Waals surface area contributed by atoms with E-state index in [1.54, 1.807) is 13.0 Å². The zero-order chi connectivity index (χ0) is 26.6. The summed E-state index contributed by atoms with van der Waals surface area (Å²) in [6.45, 7) is 1.78. The molecule has 1 atom stereocenters. The number of hydrogen-bond donors (Lipinski definition) is 1. The number of hydrogen-bond acceptors (Lipinski definition) is 3. The maximum atomic E-state index is 11.5. The van der Waals surface area contributed by atoms with E-state index >= 15 is 0 Å². The van der Waals surface area contributed by atoms with E-state index in [1.165, 1.54) is 0 Å². The highest BCUT2D eigenvalue weighted by atomic mass is 35.5. The van der Waals surface area contributed by atoms with Crippen LogP contribution in [0.15, 0.2) is 103 Å². The zero-order valence-corrected chi connectivity index (χ0v) is 22.0. The average Bonchev–Trinajstić information content (AvgIpc) is 3.38. The molecule has 1 N–H and O–H groups in total. The first-order chi connectivity index (χ1) is 18.4. The van der Waals surface area contributed by atoms with Crippen molar-refractivity contribution in [1.82, 2.24) is 9.78 Å². The SMILES string of the molecule is CCC(Oc1cccc(-c2ccccc2-c2cc(-c3ccc(Cl)cc3)n(-c3ccc(Cl)cc3)n2)c1)C(=O)O. The Kier molecular flexibility index (Phi) is 7.50. The Labute approximate surface area is 230 Å². The first-order valence-corrected chi connectivity index (χ1v) is 12.9. The first kappa shape index (κ1) is 25.6. The minimum atomic E-state index is -0.985. The van der Waals surface area contributed by atoms with Gasteiger partial charge in [-0.15, -0.1) is 0 Å². The second kappa shape index (κ2) is 11.1. The number of carbonyl (C=O) groups is 1. The van der Waals surface area contributed by atoms with Gasteiger partial charge in [0.05, 0.1) is 17.1 Å². The lowest BCUT2D eigenvalue weighted by Crippen LogP contribution is -2.25. The lowest BCUT2D eigenvalue weighted by Gasteiger charge is -2.15. The van der Waals surface area contributed by atoms with Crippen molar-refractivity contribution in [3.05, 3.63) is 113 Å². The number of carboxylic acid groups (broad SMARTS) is 1. The molecule has 0 bridgehead atoms. The molecule has 0 aliphatic heterocycles. The highest BCUT2D eigenvalue weighted by Gasteiger charge is 2.19. The molecule has 5 nitrogen and oxygen atoms in total. The molecule has 0 saturated heterocycles. The summed E-state index contributed by atoms with van der Waals surface area (Å²) in [5, 5.41) is 15.7. The molecule has 7 heteroatoms. The van der Waals surface area contributed by atoms with E-state index in [1.807, 2.05) is 95.7 Å². The van der Waals surface area contributed by atoms with Crippen molar-refractivity contribution < 1.29 is 14.6 Å². The van der Waals surface area contributed by atoms with Gasteiger partial charge in [-0.1, -0.05) is 78.7 Å². The molecule has 0 spiro atoms. The molecule has 1 aromatic heterocycles. The monoisotopic (exact) mass is 542 g/mol. The van der Waals surface area contributed by atoms with Gasteiger partial charge >= 0.3 is 5.97 Å². The molecular weight excluding hydrogens is 519 g/mol. The van der Waals surface area contributed by atoms with Crippen molar-refractivity contribution in [1.29, 1.82) is 0 Å². The van der Waals surface area contributed by atoms with Crippen LogP contribution in [0.2, 0.25) is 10.0 Å². The highest BCUT2D eigenvalue weighted by molar-refractivity contribution is 6.30. The van der Waals surface area contributed by atoms with Gasteiger partial charge in [-0.25, -0.2) is 9.48 Å². The van der Waals surface area contributed by atoms with Crippen LogP contribution in [-0.4, -0.2) is 27.0 Å². The molecule has 0 aliphatic rings. The van der Waals surface area contributed by atoms with Crippen molar-refractivity contribution in [3.8, 4) is 45.1 Å².